The van der Waals surface area contributed by atoms with Crippen molar-refractivity contribution in [3.8, 4) is 5.75 Å². The van der Waals surface area contributed by atoms with Crippen LogP contribution in [-0.4, -0.2) is 35.4 Å². The highest BCUT2D eigenvalue weighted by molar-refractivity contribution is 7.89. The Hall–Kier alpha value is -1.86. The van der Waals surface area contributed by atoms with Crippen LogP contribution in [0, 0.1) is 13.8 Å². The molecule has 0 atom stereocenters. The first-order chi connectivity index (χ1) is 11.3. The van der Waals surface area contributed by atoms with Gasteiger partial charge in [0.1, 0.15) is 11.6 Å². The Kier molecular flexibility index (Phi) is 4.40. The average molecular weight is 349 g/mol. The summed E-state index contributed by atoms with van der Waals surface area (Å²) in [4.78, 5) is 4.63. The Labute approximate surface area is 143 Å². The number of aryl methyl sites for hydroxylation is 3. The van der Waals surface area contributed by atoms with E-state index in [0.717, 1.165) is 24.2 Å². The van der Waals surface area contributed by atoms with Crippen LogP contribution in [0.25, 0.3) is 0 Å². The van der Waals surface area contributed by atoms with E-state index in [9.17, 15) is 8.42 Å². The van der Waals surface area contributed by atoms with Gasteiger partial charge in [-0.3, -0.25) is 0 Å². The van der Waals surface area contributed by atoms with Crippen molar-refractivity contribution in [2.24, 2.45) is 7.05 Å². The van der Waals surface area contributed by atoms with E-state index in [1.54, 1.807) is 36.7 Å². The number of methoxy groups -OCH3 is 1. The first kappa shape index (κ1) is 17.0. The van der Waals surface area contributed by atoms with Crippen LogP contribution in [0.3, 0.4) is 0 Å². The molecule has 1 aliphatic carbocycles. The summed E-state index contributed by atoms with van der Waals surface area (Å²) >= 11 is 0. The normalized spacial score (nSPS) is 15.0. The predicted molar refractivity (Wildman–Crippen MR) is 91.4 cm³/mol. The molecule has 7 heteroatoms. The molecular formula is C17H23N3O3S. The molecule has 0 unspecified atom stereocenters. The van der Waals surface area contributed by atoms with Gasteiger partial charge in [-0.1, -0.05) is 0 Å². The summed E-state index contributed by atoms with van der Waals surface area (Å²) in [5, 5.41) is 0. The topological polar surface area (TPSA) is 64.4 Å². The fraction of sp³-hybridized carbons (Fsp3) is 0.471. The van der Waals surface area contributed by atoms with E-state index in [1.807, 2.05) is 24.7 Å². The molecule has 0 radical (unpaired) electrons. The SMILES string of the molecule is COc1cc(C)c(S(=O)(=O)N(Cc2nccn2C)C2CC2)cc1C. The number of ether oxygens (including phenoxy) is 1. The smallest absolute Gasteiger partial charge is 0.244 e. The number of benzene rings is 1. The molecular weight excluding hydrogens is 326 g/mol. The largest absolute Gasteiger partial charge is 0.496 e. The lowest BCUT2D eigenvalue weighted by Gasteiger charge is -2.23. The maximum Gasteiger partial charge on any atom is 0.244 e. The fourth-order valence-corrected chi connectivity index (χ4v) is 4.78. The second-order valence-electron chi connectivity index (χ2n) is 6.32. The molecule has 0 spiro atoms. The van der Waals surface area contributed by atoms with Crippen LogP contribution < -0.4 is 4.74 Å². The zero-order valence-electron chi connectivity index (χ0n) is 14.5. The molecule has 1 fully saturated rings. The molecule has 0 amide bonds. The minimum Gasteiger partial charge on any atom is -0.496 e. The summed E-state index contributed by atoms with van der Waals surface area (Å²) in [5.74, 6) is 1.45. The first-order valence-corrected chi connectivity index (χ1v) is 9.42. The van der Waals surface area contributed by atoms with Crippen LogP contribution >= 0.6 is 0 Å². The molecule has 2 aromatic rings. The third kappa shape index (κ3) is 3.06. The number of imidazole rings is 1. The number of hydrogen-bond acceptors (Lipinski definition) is 4. The lowest BCUT2D eigenvalue weighted by Crippen LogP contribution is -2.34. The Morgan fingerprint density at radius 1 is 1.29 bits per heavy atom. The molecule has 0 N–H and O–H groups in total. The minimum atomic E-state index is -3.58. The molecule has 3 rings (SSSR count). The van der Waals surface area contributed by atoms with Crippen molar-refractivity contribution in [3.05, 3.63) is 41.5 Å². The van der Waals surface area contributed by atoms with Gasteiger partial charge in [-0.05, 0) is 49.9 Å². The highest BCUT2D eigenvalue weighted by Crippen LogP contribution is 2.35. The van der Waals surface area contributed by atoms with E-state index in [0.29, 0.717) is 22.8 Å². The standard InChI is InChI=1S/C17H23N3O3S/c1-12-10-16(13(2)9-15(12)23-4)24(21,22)20(14-5-6-14)11-17-18-7-8-19(17)3/h7-10,14H,5-6,11H2,1-4H3. The van der Waals surface area contributed by atoms with Crippen LogP contribution in [-0.2, 0) is 23.6 Å². The molecule has 0 bridgehead atoms. The van der Waals surface area contributed by atoms with Crippen LogP contribution in [0.15, 0.2) is 29.4 Å². The number of nitrogens with zero attached hydrogens (tertiary/aromatic N) is 3. The Morgan fingerprint density at radius 3 is 2.54 bits per heavy atom. The van der Waals surface area contributed by atoms with Crippen molar-refractivity contribution < 1.29 is 13.2 Å². The van der Waals surface area contributed by atoms with Gasteiger partial charge in [0.2, 0.25) is 10.0 Å². The molecule has 130 valence electrons. The molecule has 6 nitrogen and oxygen atoms in total. The highest BCUT2D eigenvalue weighted by atomic mass is 32.2. The molecule has 24 heavy (non-hydrogen) atoms. The van der Waals surface area contributed by atoms with Crippen molar-refractivity contribution in [2.75, 3.05) is 7.11 Å². The van der Waals surface area contributed by atoms with Gasteiger partial charge in [0.15, 0.2) is 0 Å². The molecule has 1 saturated carbocycles. The predicted octanol–water partition coefficient (Wildman–Crippen LogP) is 2.40. The van der Waals surface area contributed by atoms with Gasteiger partial charge in [-0.2, -0.15) is 4.31 Å². The quantitative estimate of drug-likeness (QED) is 0.803. The van der Waals surface area contributed by atoms with Crippen LogP contribution in [0.2, 0.25) is 0 Å². The summed E-state index contributed by atoms with van der Waals surface area (Å²) in [6, 6.07) is 3.55. The van der Waals surface area contributed by atoms with Crippen LogP contribution in [0.5, 0.6) is 5.75 Å². The van der Waals surface area contributed by atoms with Gasteiger partial charge in [-0.15, -0.1) is 0 Å². The van der Waals surface area contributed by atoms with Crippen molar-refractivity contribution >= 4 is 10.0 Å². The molecule has 1 heterocycles. The van der Waals surface area contributed by atoms with Crippen LogP contribution in [0.4, 0.5) is 0 Å². The number of hydrogen-bond donors (Lipinski definition) is 0. The number of sulfonamides is 1. The third-order valence-corrected chi connectivity index (χ3v) is 6.49. The zero-order valence-corrected chi connectivity index (χ0v) is 15.3. The van der Waals surface area contributed by atoms with Crippen molar-refractivity contribution in [3.63, 3.8) is 0 Å². The molecule has 0 saturated heterocycles. The number of aromatic nitrogens is 2. The second-order valence-corrected chi connectivity index (χ2v) is 8.18. The van der Waals surface area contributed by atoms with Gasteiger partial charge in [0, 0.05) is 25.5 Å². The minimum absolute atomic E-state index is 0.0634. The average Bonchev–Trinajstić information content (AvgIpc) is 3.29. The number of rotatable bonds is 6. The van der Waals surface area contributed by atoms with Gasteiger partial charge in [0.05, 0.1) is 18.6 Å². The third-order valence-electron chi connectivity index (χ3n) is 4.45. The lowest BCUT2D eigenvalue weighted by molar-refractivity contribution is 0.384. The second kappa shape index (κ2) is 6.22. The zero-order chi connectivity index (χ0) is 17.5. The van der Waals surface area contributed by atoms with Crippen LogP contribution in [0.1, 0.15) is 29.8 Å². The van der Waals surface area contributed by atoms with E-state index < -0.39 is 10.0 Å². The van der Waals surface area contributed by atoms with Crippen molar-refractivity contribution in [2.45, 2.75) is 44.2 Å². The van der Waals surface area contributed by atoms with Gasteiger partial charge >= 0.3 is 0 Å². The summed E-state index contributed by atoms with van der Waals surface area (Å²) in [7, 11) is -0.116. The maximum atomic E-state index is 13.3. The van der Waals surface area contributed by atoms with Crippen molar-refractivity contribution in [1.29, 1.82) is 0 Å². The summed E-state index contributed by atoms with van der Waals surface area (Å²) in [5.41, 5.74) is 1.51. The van der Waals surface area contributed by atoms with Crippen molar-refractivity contribution in [1.82, 2.24) is 13.9 Å². The van der Waals surface area contributed by atoms with Gasteiger partial charge in [0.25, 0.3) is 0 Å². The monoisotopic (exact) mass is 349 g/mol. The molecule has 0 aliphatic heterocycles. The van der Waals surface area contributed by atoms with E-state index in [2.05, 4.69) is 4.98 Å². The highest BCUT2D eigenvalue weighted by Gasteiger charge is 2.39. The summed E-state index contributed by atoms with van der Waals surface area (Å²) < 4.78 is 35.3. The lowest BCUT2D eigenvalue weighted by atomic mass is 10.1. The Balaban J connectivity index is 2.01. The first-order valence-electron chi connectivity index (χ1n) is 7.98. The van der Waals surface area contributed by atoms with Gasteiger partial charge < -0.3 is 9.30 Å². The van der Waals surface area contributed by atoms with E-state index in [1.165, 1.54) is 0 Å². The molecule has 1 aliphatic rings. The van der Waals surface area contributed by atoms with E-state index in [-0.39, 0.29) is 6.04 Å². The Bertz CT molecular complexity index is 854. The summed E-state index contributed by atoms with van der Waals surface area (Å²) in [6.07, 6.45) is 5.32. The Morgan fingerprint density at radius 2 is 2.00 bits per heavy atom. The van der Waals surface area contributed by atoms with E-state index >= 15 is 0 Å². The molecule has 1 aromatic carbocycles. The summed E-state index contributed by atoms with van der Waals surface area (Å²) in [6.45, 7) is 3.96. The van der Waals surface area contributed by atoms with E-state index in [4.69, 9.17) is 4.74 Å². The maximum absolute atomic E-state index is 13.3. The fourth-order valence-electron chi connectivity index (χ4n) is 2.85. The van der Waals surface area contributed by atoms with Gasteiger partial charge in [-0.25, -0.2) is 13.4 Å². The molecule has 1 aromatic heterocycles.